The third-order valence-electron chi connectivity index (χ3n) is 4.55. The van der Waals surface area contributed by atoms with Crippen LogP contribution < -0.4 is 10.6 Å². The molecule has 26 heavy (non-hydrogen) atoms. The van der Waals surface area contributed by atoms with E-state index in [1.165, 1.54) is 16.8 Å². The fourth-order valence-corrected chi connectivity index (χ4v) is 3.04. The van der Waals surface area contributed by atoms with Crippen LogP contribution in [0, 0.1) is 13.8 Å². The molecule has 0 aliphatic rings. The molecular weight excluding hydrogens is 437 g/mol. The normalized spacial score (nSPS) is 12.4. The summed E-state index contributed by atoms with van der Waals surface area (Å²) in [4.78, 5) is 4.34. The Labute approximate surface area is 174 Å². The van der Waals surface area contributed by atoms with Gasteiger partial charge < -0.3 is 10.6 Å². The summed E-state index contributed by atoms with van der Waals surface area (Å²) in [5.41, 5.74) is 5.04. The summed E-state index contributed by atoms with van der Waals surface area (Å²) in [5.74, 6) is 0.861. The molecule has 1 aromatic heterocycles. The molecule has 0 aliphatic heterocycles. The lowest BCUT2D eigenvalue weighted by Gasteiger charge is -2.18. The Kier molecular flexibility index (Phi) is 9.69. The first-order valence-electron chi connectivity index (χ1n) is 9.01. The maximum Gasteiger partial charge on any atom is 0.191 e. The van der Waals surface area contributed by atoms with E-state index in [1.54, 1.807) is 0 Å². The second-order valence-corrected chi connectivity index (χ2v) is 6.61. The molecule has 0 aliphatic carbocycles. The van der Waals surface area contributed by atoms with Crippen molar-refractivity contribution in [1.29, 1.82) is 0 Å². The van der Waals surface area contributed by atoms with E-state index in [-0.39, 0.29) is 24.0 Å². The van der Waals surface area contributed by atoms with Gasteiger partial charge in [0, 0.05) is 32.4 Å². The first kappa shape index (κ1) is 22.5. The quantitative estimate of drug-likeness (QED) is 0.283. The van der Waals surface area contributed by atoms with Crippen LogP contribution in [0.2, 0.25) is 0 Å². The summed E-state index contributed by atoms with van der Waals surface area (Å²) in [5, 5.41) is 11.4. The van der Waals surface area contributed by atoms with Crippen molar-refractivity contribution in [3.63, 3.8) is 0 Å². The summed E-state index contributed by atoms with van der Waals surface area (Å²) >= 11 is 0. The minimum Gasteiger partial charge on any atom is -0.356 e. The van der Waals surface area contributed by atoms with Gasteiger partial charge in [-0.05, 0) is 51.2 Å². The van der Waals surface area contributed by atoms with E-state index >= 15 is 0 Å². The van der Waals surface area contributed by atoms with Crippen LogP contribution in [0.15, 0.2) is 35.3 Å². The van der Waals surface area contributed by atoms with Gasteiger partial charge in [-0.1, -0.05) is 30.3 Å². The maximum atomic E-state index is 4.50. The molecule has 1 atom stereocenters. The molecule has 2 aromatic rings. The molecule has 0 fully saturated rings. The van der Waals surface area contributed by atoms with Crippen LogP contribution >= 0.6 is 24.0 Å². The number of rotatable bonds is 7. The summed E-state index contributed by atoms with van der Waals surface area (Å²) in [6.07, 6.45) is 3.10. The number of halogens is 1. The molecule has 0 spiro atoms. The Morgan fingerprint density at radius 2 is 1.92 bits per heavy atom. The van der Waals surface area contributed by atoms with Crippen LogP contribution in [0.3, 0.4) is 0 Å². The Hall–Kier alpha value is -1.57. The highest BCUT2D eigenvalue weighted by molar-refractivity contribution is 14.0. The number of aliphatic imine (C=N–C) groups is 1. The zero-order valence-corrected chi connectivity index (χ0v) is 18.9. The van der Waals surface area contributed by atoms with Gasteiger partial charge in [-0.25, -0.2) is 0 Å². The first-order valence-corrected chi connectivity index (χ1v) is 9.01. The fourth-order valence-electron chi connectivity index (χ4n) is 3.04. The minimum absolute atomic E-state index is 0. The third-order valence-corrected chi connectivity index (χ3v) is 4.55. The Morgan fingerprint density at radius 3 is 2.50 bits per heavy atom. The standard InChI is InChI=1S/C20H31N5.HI/c1-15(14-19-16(2)24-25(5)17(19)3)23-20(21-4)22-13-9-12-18-10-7-6-8-11-18;/h6-8,10-11,15H,9,12-14H2,1-5H3,(H2,21,22,23);1H. The van der Waals surface area contributed by atoms with Crippen LogP contribution in [-0.2, 0) is 19.9 Å². The van der Waals surface area contributed by atoms with Gasteiger partial charge in [-0.2, -0.15) is 5.10 Å². The van der Waals surface area contributed by atoms with Crippen molar-refractivity contribution < 1.29 is 0 Å². The largest absolute Gasteiger partial charge is 0.356 e. The topological polar surface area (TPSA) is 54.2 Å². The zero-order valence-electron chi connectivity index (χ0n) is 16.5. The number of nitrogens with zero attached hydrogens (tertiary/aromatic N) is 3. The number of benzene rings is 1. The molecule has 6 heteroatoms. The maximum absolute atomic E-state index is 4.50. The van der Waals surface area contributed by atoms with Gasteiger partial charge in [0.1, 0.15) is 0 Å². The molecule has 0 saturated heterocycles. The molecule has 2 rings (SSSR count). The molecule has 0 saturated carbocycles. The smallest absolute Gasteiger partial charge is 0.191 e. The molecule has 1 aromatic carbocycles. The van der Waals surface area contributed by atoms with E-state index in [9.17, 15) is 0 Å². The number of aryl methyl sites for hydroxylation is 3. The average Bonchev–Trinajstić information content (AvgIpc) is 2.84. The van der Waals surface area contributed by atoms with Crippen LogP contribution in [0.25, 0.3) is 0 Å². The van der Waals surface area contributed by atoms with E-state index in [2.05, 4.69) is 71.8 Å². The zero-order chi connectivity index (χ0) is 18.2. The molecule has 2 N–H and O–H groups in total. The average molecular weight is 469 g/mol. The SMILES string of the molecule is CN=C(NCCCc1ccccc1)NC(C)Cc1c(C)nn(C)c1C.I. The second-order valence-electron chi connectivity index (χ2n) is 6.61. The predicted octanol–water partition coefficient (Wildman–Crippen LogP) is 3.38. The number of hydrogen-bond acceptors (Lipinski definition) is 2. The van der Waals surface area contributed by atoms with Crippen LogP contribution in [0.4, 0.5) is 0 Å². The van der Waals surface area contributed by atoms with Gasteiger partial charge in [0.05, 0.1) is 5.69 Å². The Balaban J connectivity index is 0.00000338. The van der Waals surface area contributed by atoms with Crippen molar-refractivity contribution in [1.82, 2.24) is 20.4 Å². The van der Waals surface area contributed by atoms with E-state index in [4.69, 9.17) is 0 Å². The van der Waals surface area contributed by atoms with Crippen molar-refractivity contribution in [2.45, 2.75) is 46.1 Å². The molecule has 5 nitrogen and oxygen atoms in total. The molecule has 144 valence electrons. The van der Waals surface area contributed by atoms with Gasteiger partial charge in [0.15, 0.2) is 5.96 Å². The molecule has 1 heterocycles. The van der Waals surface area contributed by atoms with Gasteiger partial charge in [0.25, 0.3) is 0 Å². The molecular formula is C20H32IN5. The van der Waals surface area contributed by atoms with Gasteiger partial charge >= 0.3 is 0 Å². The number of hydrogen-bond donors (Lipinski definition) is 2. The van der Waals surface area contributed by atoms with E-state index < -0.39 is 0 Å². The molecule has 0 bridgehead atoms. The summed E-state index contributed by atoms with van der Waals surface area (Å²) in [7, 11) is 3.82. The van der Waals surface area contributed by atoms with Crippen LogP contribution in [0.5, 0.6) is 0 Å². The van der Waals surface area contributed by atoms with Crippen LogP contribution in [0.1, 0.15) is 35.9 Å². The van der Waals surface area contributed by atoms with Gasteiger partial charge in [-0.15, -0.1) is 24.0 Å². The summed E-state index contributed by atoms with van der Waals surface area (Å²) < 4.78 is 1.95. The van der Waals surface area contributed by atoms with E-state index in [0.717, 1.165) is 37.5 Å². The van der Waals surface area contributed by atoms with Gasteiger partial charge in [-0.3, -0.25) is 9.67 Å². The fraction of sp³-hybridized carbons (Fsp3) is 0.500. The lowest BCUT2D eigenvalue weighted by atomic mass is 10.1. The van der Waals surface area contributed by atoms with Crippen molar-refractivity contribution in [2.24, 2.45) is 12.0 Å². The molecule has 1 unspecified atom stereocenters. The van der Waals surface area contributed by atoms with Crippen molar-refractivity contribution in [2.75, 3.05) is 13.6 Å². The highest BCUT2D eigenvalue weighted by Crippen LogP contribution is 2.14. The molecule has 0 radical (unpaired) electrons. The number of nitrogens with one attached hydrogen (secondary N) is 2. The van der Waals surface area contributed by atoms with Crippen molar-refractivity contribution in [3.8, 4) is 0 Å². The molecule has 0 amide bonds. The van der Waals surface area contributed by atoms with Gasteiger partial charge in [0.2, 0.25) is 0 Å². The highest BCUT2D eigenvalue weighted by Gasteiger charge is 2.13. The second kappa shape index (κ2) is 11.2. The van der Waals surface area contributed by atoms with Crippen molar-refractivity contribution >= 4 is 29.9 Å². The van der Waals surface area contributed by atoms with Crippen LogP contribution in [-0.4, -0.2) is 35.4 Å². The minimum atomic E-state index is 0. The lowest BCUT2D eigenvalue weighted by molar-refractivity contribution is 0.631. The highest BCUT2D eigenvalue weighted by atomic mass is 127. The lowest BCUT2D eigenvalue weighted by Crippen LogP contribution is -2.43. The monoisotopic (exact) mass is 469 g/mol. The first-order chi connectivity index (χ1) is 12.0. The third kappa shape index (κ3) is 6.63. The number of aromatic nitrogens is 2. The predicted molar refractivity (Wildman–Crippen MR) is 121 cm³/mol. The summed E-state index contributed by atoms with van der Waals surface area (Å²) in [6.45, 7) is 7.29. The van der Waals surface area contributed by atoms with E-state index in [1.807, 2.05) is 18.8 Å². The van der Waals surface area contributed by atoms with E-state index in [0.29, 0.717) is 6.04 Å². The summed E-state index contributed by atoms with van der Waals surface area (Å²) in [6, 6.07) is 10.9. The Bertz CT molecular complexity index is 694. The Morgan fingerprint density at radius 1 is 1.23 bits per heavy atom. The number of guanidine groups is 1. The van der Waals surface area contributed by atoms with Crippen molar-refractivity contribution in [3.05, 3.63) is 52.8 Å².